The van der Waals surface area contributed by atoms with Gasteiger partial charge in [0.25, 0.3) is 0 Å². The number of nitrogens with one attached hydrogen (secondary N) is 1. The molecule has 1 atom stereocenters. The predicted octanol–water partition coefficient (Wildman–Crippen LogP) is 2.80. The monoisotopic (exact) mass is 367 g/mol. The summed E-state index contributed by atoms with van der Waals surface area (Å²) in [4.78, 5) is 23.9. The van der Waals surface area contributed by atoms with Crippen molar-refractivity contribution in [1.29, 1.82) is 0 Å². The van der Waals surface area contributed by atoms with E-state index >= 15 is 0 Å². The summed E-state index contributed by atoms with van der Waals surface area (Å²) in [6.07, 6.45) is -1.01. The van der Waals surface area contributed by atoms with Crippen molar-refractivity contribution >= 4 is 12.1 Å². The first-order chi connectivity index (χ1) is 12.4. The molecule has 0 aliphatic carbocycles. The molecule has 1 N–H and O–H groups in total. The van der Waals surface area contributed by atoms with Gasteiger partial charge in [0.2, 0.25) is 0 Å². The Morgan fingerprint density at radius 1 is 1.35 bits per heavy atom. The Hall–Kier alpha value is -3.10. The maximum Gasteiger partial charge on any atom is 0.513 e. The average Bonchev–Trinajstić information content (AvgIpc) is 2.96. The van der Waals surface area contributed by atoms with Crippen molar-refractivity contribution in [1.82, 2.24) is 5.32 Å². The van der Waals surface area contributed by atoms with Crippen LogP contribution in [0.25, 0.3) is 0 Å². The summed E-state index contributed by atoms with van der Waals surface area (Å²) in [6.45, 7) is -1.43. The Bertz CT molecular complexity index is 817. The number of methoxy groups -OCH3 is 1. The molecule has 0 saturated carbocycles. The van der Waals surface area contributed by atoms with Gasteiger partial charge in [-0.1, -0.05) is 18.2 Å². The second-order valence-electron chi connectivity index (χ2n) is 5.49. The first-order valence-electron chi connectivity index (χ1n) is 7.59. The number of esters is 1. The second-order valence-corrected chi connectivity index (χ2v) is 5.49. The molecule has 0 spiro atoms. The van der Waals surface area contributed by atoms with Crippen LogP contribution in [0.5, 0.6) is 5.75 Å². The number of hydrogen-bond donors (Lipinski definition) is 1. The van der Waals surface area contributed by atoms with Crippen molar-refractivity contribution < 1.29 is 37.3 Å². The number of carbonyl (C=O) groups excluding carboxylic acids is 2. The number of cyclic esters (lactones) is 1. The van der Waals surface area contributed by atoms with E-state index < -0.39 is 24.7 Å². The average molecular weight is 367 g/mol. The molecule has 2 aliphatic heterocycles. The van der Waals surface area contributed by atoms with Gasteiger partial charge in [0.1, 0.15) is 18.1 Å². The highest BCUT2D eigenvalue weighted by Gasteiger charge is 2.42. The molecule has 7 nitrogen and oxygen atoms in total. The van der Waals surface area contributed by atoms with Crippen molar-refractivity contribution in [2.75, 3.05) is 13.7 Å². The molecule has 1 aromatic rings. The number of rotatable bonds is 4. The maximum atomic E-state index is 12.8. The predicted molar refractivity (Wildman–Crippen MR) is 83.1 cm³/mol. The molecule has 2 aliphatic rings. The summed E-state index contributed by atoms with van der Waals surface area (Å²) in [6, 6.07) is 5.97. The lowest BCUT2D eigenvalue weighted by Gasteiger charge is -2.28. The first-order valence-corrected chi connectivity index (χ1v) is 7.59. The van der Waals surface area contributed by atoms with E-state index in [4.69, 9.17) is 9.47 Å². The summed E-state index contributed by atoms with van der Waals surface area (Å²) >= 11 is 0. The first kappa shape index (κ1) is 17.7. The molecule has 0 bridgehead atoms. The van der Waals surface area contributed by atoms with Crippen molar-refractivity contribution in [2.45, 2.75) is 19.5 Å². The summed E-state index contributed by atoms with van der Waals surface area (Å²) in [5.74, 6) is -1.70. The van der Waals surface area contributed by atoms with Crippen molar-refractivity contribution in [3.63, 3.8) is 0 Å². The molecule has 26 heavy (non-hydrogen) atoms. The smallest absolute Gasteiger partial charge is 0.456 e. The zero-order valence-electron chi connectivity index (χ0n) is 13.9. The van der Waals surface area contributed by atoms with Crippen LogP contribution in [0.4, 0.5) is 13.6 Å². The van der Waals surface area contributed by atoms with Crippen molar-refractivity contribution in [3.8, 4) is 5.75 Å². The molecule has 0 aromatic heterocycles. The highest BCUT2D eigenvalue weighted by atomic mass is 19.3. The second kappa shape index (κ2) is 7.03. The van der Waals surface area contributed by atoms with Gasteiger partial charge < -0.3 is 24.3 Å². The Morgan fingerprint density at radius 3 is 2.77 bits per heavy atom. The number of allylic oxidation sites excluding steroid dienone is 2. The van der Waals surface area contributed by atoms with Crippen LogP contribution in [0.2, 0.25) is 0 Å². The molecule has 2 heterocycles. The van der Waals surface area contributed by atoms with Crippen molar-refractivity contribution in [3.05, 3.63) is 52.6 Å². The van der Waals surface area contributed by atoms with Gasteiger partial charge in [-0.2, -0.15) is 8.78 Å². The Morgan fingerprint density at radius 2 is 2.08 bits per heavy atom. The maximum absolute atomic E-state index is 12.8. The zero-order valence-corrected chi connectivity index (χ0v) is 13.9. The molecule has 3 rings (SSSR count). The quantitative estimate of drug-likeness (QED) is 0.820. The minimum Gasteiger partial charge on any atom is -0.456 e. The van der Waals surface area contributed by atoms with Gasteiger partial charge in [-0.05, 0) is 13.0 Å². The van der Waals surface area contributed by atoms with Gasteiger partial charge in [0.05, 0.1) is 30.0 Å². The van der Waals surface area contributed by atoms with E-state index in [1.54, 1.807) is 13.0 Å². The van der Waals surface area contributed by atoms with Gasteiger partial charge in [0.15, 0.2) is 0 Å². The number of carbonyl (C=O) groups is 2. The Labute approximate surface area is 147 Å². The van der Waals surface area contributed by atoms with Crippen LogP contribution in [0.15, 0.2) is 47.0 Å². The fraction of sp³-hybridized carbons (Fsp3) is 0.294. The van der Waals surface area contributed by atoms with E-state index in [1.807, 2.05) is 0 Å². The van der Waals surface area contributed by atoms with Gasteiger partial charge in [-0.3, -0.25) is 0 Å². The molecule has 0 fully saturated rings. The van der Waals surface area contributed by atoms with Crippen LogP contribution in [0.1, 0.15) is 18.4 Å². The minimum atomic E-state index is -3.06. The Balaban J connectivity index is 2.13. The number of benzene rings is 1. The van der Waals surface area contributed by atoms with Gasteiger partial charge in [-0.15, -0.1) is 0 Å². The number of ether oxygens (including phenoxy) is 4. The number of dihydropyridines is 1. The molecular formula is C17H15F2NO6. The van der Waals surface area contributed by atoms with E-state index in [0.717, 1.165) is 7.11 Å². The fourth-order valence-electron chi connectivity index (χ4n) is 2.93. The van der Waals surface area contributed by atoms with Crippen LogP contribution in [-0.2, 0) is 19.0 Å². The van der Waals surface area contributed by atoms with Crippen LogP contribution >= 0.6 is 0 Å². The van der Waals surface area contributed by atoms with Crippen molar-refractivity contribution in [2.24, 2.45) is 0 Å². The lowest BCUT2D eigenvalue weighted by molar-refractivity contribution is -0.136. The van der Waals surface area contributed by atoms with Crippen LogP contribution in [-0.4, -0.2) is 32.5 Å². The molecule has 0 saturated heterocycles. The number of halogens is 2. The highest BCUT2D eigenvalue weighted by Crippen LogP contribution is 2.44. The minimum absolute atomic E-state index is 0.00534. The number of alkyl halides is 2. The van der Waals surface area contributed by atoms with E-state index in [0.29, 0.717) is 11.4 Å². The topological polar surface area (TPSA) is 83.1 Å². The largest absolute Gasteiger partial charge is 0.513 e. The number of hydrogen-bond acceptors (Lipinski definition) is 7. The van der Waals surface area contributed by atoms with Gasteiger partial charge >= 0.3 is 18.7 Å². The van der Waals surface area contributed by atoms with E-state index in [2.05, 4.69) is 14.8 Å². The normalized spacial score (nSPS) is 19.1. The fourth-order valence-corrected chi connectivity index (χ4v) is 2.93. The third kappa shape index (κ3) is 3.19. The van der Waals surface area contributed by atoms with E-state index in [9.17, 15) is 18.4 Å². The summed E-state index contributed by atoms with van der Waals surface area (Å²) in [5, 5.41) is 2.94. The van der Waals surface area contributed by atoms with Crippen LogP contribution < -0.4 is 10.1 Å². The lowest BCUT2D eigenvalue weighted by Crippen LogP contribution is -2.28. The van der Waals surface area contributed by atoms with Gasteiger partial charge in [-0.25, -0.2) is 9.59 Å². The van der Waals surface area contributed by atoms with E-state index in [1.165, 1.54) is 18.2 Å². The zero-order chi connectivity index (χ0) is 18.8. The standard InChI is InChI=1S/C17H15F2NO6/c1-8-14(26-17(22)23-2)12(13-10(20-8)7-24-15(13)21)9-5-3-4-6-11(9)25-16(18)19/h3-6,12,16,20H,7H2,1-2H3. The number of para-hydroxylation sites is 1. The molecule has 0 amide bonds. The van der Waals surface area contributed by atoms with E-state index in [-0.39, 0.29) is 29.3 Å². The Kier molecular flexibility index (Phi) is 4.79. The van der Waals surface area contributed by atoms with Crippen LogP contribution in [0.3, 0.4) is 0 Å². The SMILES string of the molecule is COC(=O)OC1=C(C)NC2=C(C(=O)OC2)C1c1ccccc1OC(F)F. The summed E-state index contributed by atoms with van der Waals surface area (Å²) in [5.41, 5.74) is 1.30. The highest BCUT2D eigenvalue weighted by molar-refractivity contribution is 5.95. The molecular weight excluding hydrogens is 352 g/mol. The molecule has 1 aromatic carbocycles. The molecule has 9 heteroatoms. The third-order valence-corrected chi connectivity index (χ3v) is 3.96. The molecule has 138 valence electrons. The molecule has 0 radical (unpaired) electrons. The molecule has 1 unspecified atom stereocenters. The third-order valence-electron chi connectivity index (χ3n) is 3.96. The van der Waals surface area contributed by atoms with Crippen LogP contribution in [0, 0.1) is 0 Å². The summed E-state index contributed by atoms with van der Waals surface area (Å²) in [7, 11) is 1.13. The summed E-state index contributed by atoms with van der Waals surface area (Å²) < 4.78 is 44.9. The van der Waals surface area contributed by atoms with Gasteiger partial charge in [0, 0.05) is 5.56 Å². The lowest BCUT2D eigenvalue weighted by atomic mass is 9.85.